The van der Waals surface area contributed by atoms with Gasteiger partial charge in [0.05, 0.1) is 75.6 Å². The number of benzene rings is 6. The van der Waals surface area contributed by atoms with Gasteiger partial charge in [0.15, 0.2) is 0 Å². The fourth-order valence-corrected chi connectivity index (χ4v) is 10.0. The van der Waals surface area contributed by atoms with E-state index in [9.17, 15) is 24.0 Å². The van der Waals surface area contributed by atoms with Crippen LogP contribution in [0.4, 0.5) is 5.69 Å². The molecule has 16 nitrogen and oxygen atoms in total. The summed E-state index contributed by atoms with van der Waals surface area (Å²) in [5, 5.41) is 2.98. The van der Waals surface area contributed by atoms with Gasteiger partial charge in [0.25, 0.3) is 5.91 Å². The van der Waals surface area contributed by atoms with Crippen LogP contribution in [0.2, 0.25) is 0 Å². The highest BCUT2D eigenvalue weighted by Crippen LogP contribution is 2.42. The maximum atomic E-state index is 15.3. The number of fused-ring (bicyclic) bond motifs is 8. The summed E-state index contributed by atoms with van der Waals surface area (Å²) in [4.78, 5) is 84.5. The van der Waals surface area contributed by atoms with Crippen molar-refractivity contribution in [1.82, 2.24) is 0 Å². The Labute approximate surface area is 505 Å². The van der Waals surface area contributed by atoms with E-state index in [1.165, 1.54) is 39.5 Å². The third-order valence-electron chi connectivity index (χ3n) is 14.3. The molecular weight excluding hydrogens is 1090 g/mol. The molecule has 8 bridgehead atoms. The Bertz CT molecular complexity index is 3270. The molecule has 0 spiro atoms. The fourth-order valence-electron chi connectivity index (χ4n) is 10.0. The van der Waals surface area contributed by atoms with Gasteiger partial charge in [-0.25, -0.2) is 24.0 Å². The summed E-state index contributed by atoms with van der Waals surface area (Å²) < 4.78 is 54.9. The zero-order chi connectivity index (χ0) is 61.9. The van der Waals surface area contributed by atoms with Crippen LogP contribution in [0.15, 0.2) is 97.1 Å². The van der Waals surface area contributed by atoms with Gasteiger partial charge in [-0.05, 0) is 163 Å². The van der Waals surface area contributed by atoms with E-state index in [4.69, 9.17) is 42.6 Å². The van der Waals surface area contributed by atoms with Crippen LogP contribution in [0.3, 0.4) is 0 Å². The number of methoxy groups -OCH3 is 3. The van der Waals surface area contributed by atoms with Gasteiger partial charge in [-0.3, -0.25) is 4.79 Å². The van der Waals surface area contributed by atoms with Crippen molar-refractivity contribution >= 4 is 41.4 Å². The molecule has 7 rings (SSSR count). The molecule has 16 heteroatoms. The number of nitrogens with one attached hydrogen (secondary N) is 1. The molecule has 0 aliphatic heterocycles. The Morgan fingerprint density at radius 1 is 0.407 bits per heavy atom. The van der Waals surface area contributed by atoms with Crippen LogP contribution in [-0.4, -0.2) is 89.1 Å². The van der Waals surface area contributed by atoms with E-state index in [1.807, 2.05) is 30.3 Å². The van der Waals surface area contributed by atoms with E-state index in [0.717, 1.165) is 37.7 Å². The number of esters is 5. The van der Waals surface area contributed by atoms with Gasteiger partial charge in [-0.15, -0.1) is 0 Å². The number of amides is 1. The fraction of sp³-hybridized carbons (Fsp3) is 0.400. The topological polar surface area (TPSA) is 198 Å². The summed E-state index contributed by atoms with van der Waals surface area (Å²) in [6, 6.07) is 27.2. The molecule has 86 heavy (non-hydrogen) atoms. The highest BCUT2D eigenvalue weighted by Gasteiger charge is 2.29. The first-order valence-corrected chi connectivity index (χ1v) is 29.7. The second kappa shape index (κ2) is 30.9. The van der Waals surface area contributed by atoms with Crippen molar-refractivity contribution in [3.63, 3.8) is 0 Å². The minimum atomic E-state index is -0.894. The van der Waals surface area contributed by atoms with Crippen molar-refractivity contribution in [2.24, 2.45) is 0 Å². The van der Waals surface area contributed by atoms with E-state index in [0.29, 0.717) is 113 Å². The minimum absolute atomic E-state index is 0.000275. The van der Waals surface area contributed by atoms with E-state index in [-0.39, 0.29) is 71.4 Å². The number of hydrogen-bond acceptors (Lipinski definition) is 15. The van der Waals surface area contributed by atoms with Crippen molar-refractivity contribution in [3.8, 4) is 23.0 Å². The number of hydrogen-bond donors (Lipinski definition) is 1. The molecule has 0 atom stereocenters. The normalized spacial score (nSPS) is 11.8. The van der Waals surface area contributed by atoms with Gasteiger partial charge < -0.3 is 47.9 Å². The molecule has 0 fully saturated rings. The first-order chi connectivity index (χ1) is 41.4. The van der Waals surface area contributed by atoms with Crippen molar-refractivity contribution in [2.75, 3.05) is 53.1 Å². The largest absolute Gasteiger partial charge is 0.493 e. The zero-order valence-electron chi connectivity index (χ0n) is 51.4. The van der Waals surface area contributed by atoms with Gasteiger partial charge >= 0.3 is 29.8 Å². The van der Waals surface area contributed by atoms with E-state index >= 15 is 4.79 Å². The molecule has 0 radical (unpaired) electrons. The highest BCUT2D eigenvalue weighted by atomic mass is 16.6. The van der Waals surface area contributed by atoms with Crippen molar-refractivity contribution in [2.45, 2.75) is 138 Å². The summed E-state index contributed by atoms with van der Waals surface area (Å²) in [5.74, 6) is -1.96. The Hall–Kier alpha value is -8.66. The SMILES string of the molecule is CCCCOc1c2cc(C(=O)Nc3cc(C(=O)OCc4ccccc4)cc(C(=O)OC(C)(C)C)c3)cc1Cc1cc(C(=O)OC)cc(c1OCCCC)Cc1cc(C(=O)OC)cc(c1OCCCC)Cc1cc(C(=O)OC)cc(c1OCCCC)C2. The van der Waals surface area contributed by atoms with Crippen LogP contribution in [0.5, 0.6) is 23.0 Å². The summed E-state index contributed by atoms with van der Waals surface area (Å²) in [5.41, 5.74) is 5.39. The molecule has 0 saturated carbocycles. The third-order valence-corrected chi connectivity index (χ3v) is 14.3. The lowest BCUT2D eigenvalue weighted by atomic mass is 9.88. The van der Waals surface area contributed by atoms with Crippen molar-refractivity contribution in [3.05, 3.63) is 181 Å². The third kappa shape index (κ3) is 17.3. The molecule has 1 amide bonds. The van der Waals surface area contributed by atoms with Crippen LogP contribution in [0.1, 0.15) is 212 Å². The predicted molar refractivity (Wildman–Crippen MR) is 328 cm³/mol. The minimum Gasteiger partial charge on any atom is -0.493 e. The van der Waals surface area contributed by atoms with Crippen LogP contribution >= 0.6 is 0 Å². The predicted octanol–water partition coefficient (Wildman–Crippen LogP) is 14.0. The van der Waals surface area contributed by atoms with Crippen molar-refractivity contribution < 1.29 is 71.4 Å². The van der Waals surface area contributed by atoms with Gasteiger partial charge in [0, 0.05) is 36.9 Å². The number of anilines is 1. The Morgan fingerprint density at radius 2 is 0.721 bits per heavy atom. The summed E-state index contributed by atoms with van der Waals surface area (Å²) in [6.07, 6.45) is 6.37. The lowest BCUT2D eigenvalue weighted by Gasteiger charge is -2.24. The number of rotatable bonds is 25. The molecule has 0 saturated heterocycles. The average Bonchev–Trinajstić information content (AvgIpc) is 1.53. The Kier molecular flexibility index (Phi) is 23.3. The Morgan fingerprint density at radius 3 is 1.03 bits per heavy atom. The lowest BCUT2D eigenvalue weighted by molar-refractivity contribution is 0.00686. The maximum Gasteiger partial charge on any atom is 0.338 e. The van der Waals surface area contributed by atoms with E-state index < -0.39 is 41.4 Å². The van der Waals surface area contributed by atoms with Gasteiger partial charge in [0.1, 0.15) is 35.2 Å². The number of unbranched alkanes of at least 4 members (excludes halogenated alkanes) is 4. The molecule has 1 aliphatic rings. The molecule has 456 valence electrons. The Balaban J connectivity index is 1.54. The quantitative estimate of drug-likeness (QED) is 0.0322. The molecule has 0 heterocycles. The summed E-state index contributed by atoms with van der Waals surface area (Å²) >= 11 is 0. The second-order valence-electron chi connectivity index (χ2n) is 22.3. The van der Waals surface area contributed by atoms with Gasteiger partial charge in [-0.2, -0.15) is 0 Å². The van der Waals surface area contributed by atoms with E-state index in [2.05, 4.69) is 33.0 Å². The standard InChI is InChI=1S/C70H81NO15/c1-11-15-24-81-60-45-28-47-34-54(65(73)78-8)36-49(61(47)82-25-16-12-2)30-51-38-56(67(75)80-10)39-52(63(51)84-27-18-14-4)31-50-37-55(66(74)79-9)35-48(62(50)83-26-17-13-3)29-46(60)33-53(32-45)64(72)71-59-41-57(40-58(42-59)69(77)86-70(5,6)7)68(76)85-43-44-22-20-19-21-23-44/h19-23,32-42H,11-18,24-31,43H2,1-10H3,(H,71,72). The van der Waals surface area contributed by atoms with Crippen LogP contribution in [0, 0.1) is 0 Å². The molecule has 0 unspecified atom stereocenters. The molecule has 1 aliphatic carbocycles. The smallest absolute Gasteiger partial charge is 0.338 e. The number of carbonyl (C=O) groups excluding carboxylic acids is 6. The molecule has 1 N–H and O–H groups in total. The van der Waals surface area contributed by atoms with E-state index in [1.54, 1.807) is 69.3 Å². The van der Waals surface area contributed by atoms with Crippen LogP contribution in [-0.2, 0) is 56.0 Å². The lowest BCUT2D eigenvalue weighted by Crippen LogP contribution is -2.24. The first-order valence-electron chi connectivity index (χ1n) is 29.7. The monoisotopic (exact) mass is 1180 g/mol. The van der Waals surface area contributed by atoms with Gasteiger partial charge in [0.2, 0.25) is 0 Å². The van der Waals surface area contributed by atoms with Crippen LogP contribution in [0.25, 0.3) is 0 Å². The maximum absolute atomic E-state index is 15.3. The van der Waals surface area contributed by atoms with Crippen molar-refractivity contribution in [1.29, 1.82) is 0 Å². The highest BCUT2D eigenvalue weighted by molar-refractivity contribution is 6.06. The first kappa shape index (κ1) is 64.9. The van der Waals surface area contributed by atoms with Crippen LogP contribution < -0.4 is 24.3 Å². The van der Waals surface area contributed by atoms with Gasteiger partial charge in [-0.1, -0.05) is 83.7 Å². The summed E-state index contributed by atoms with van der Waals surface area (Å²) in [7, 11) is 3.94. The molecule has 6 aromatic carbocycles. The molecule has 0 aromatic heterocycles. The molecular formula is C70H81NO15. The summed E-state index contributed by atoms with van der Waals surface area (Å²) in [6.45, 7) is 14.6. The second-order valence-corrected chi connectivity index (χ2v) is 22.3. The number of ether oxygens (including phenoxy) is 9. The zero-order valence-corrected chi connectivity index (χ0v) is 51.4. The number of carbonyl (C=O) groups is 6. The average molecular weight is 1180 g/mol. The molecule has 6 aromatic rings.